The molecule has 0 atom stereocenters. The van der Waals surface area contributed by atoms with Gasteiger partial charge in [-0.1, -0.05) is 0 Å². The Morgan fingerprint density at radius 3 is 1.40 bits per heavy atom. The first kappa shape index (κ1) is 35.6. The largest absolute Gasteiger partial charge is 0.481 e. The molecule has 40 heavy (non-hydrogen) atoms. The Labute approximate surface area is 235 Å². The van der Waals surface area contributed by atoms with E-state index in [2.05, 4.69) is 15.6 Å². The molecule has 230 valence electrons. The quantitative estimate of drug-likeness (QED) is 0.113. The van der Waals surface area contributed by atoms with Crippen LogP contribution in [-0.2, 0) is 42.7 Å². The van der Waals surface area contributed by atoms with Gasteiger partial charge in [-0.25, -0.2) is 4.98 Å². The van der Waals surface area contributed by atoms with Crippen LogP contribution in [0, 0.1) is 0 Å². The number of hydrogen-bond acceptors (Lipinski definition) is 12. The number of carboxylic acids is 1. The van der Waals surface area contributed by atoms with E-state index in [1.165, 1.54) is 6.20 Å². The molecule has 14 nitrogen and oxygen atoms in total. The van der Waals surface area contributed by atoms with Crippen LogP contribution in [0.2, 0.25) is 0 Å². The van der Waals surface area contributed by atoms with E-state index in [1.54, 1.807) is 19.2 Å². The summed E-state index contributed by atoms with van der Waals surface area (Å²) >= 11 is 0. The molecule has 3 N–H and O–H groups in total. The third kappa shape index (κ3) is 22.4. The Bertz CT molecular complexity index is 741. The minimum atomic E-state index is -0.877. The van der Waals surface area contributed by atoms with E-state index in [9.17, 15) is 9.59 Å². The van der Waals surface area contributed by atoms with Gasteiger partial charge in [0.15, 0.2) is 0 Å². The zero-order chi connectivity index (χ0) is 28.9. The maximum absolute atomic E-state index is 12.0. The second kappa shape index (κ2) is 26.8. The molecule has 0 unspecified atom stereocenters. The van der Waals surface area contributed by atoms with Crippen molar-refractivity contribution >= 4 is 17.7 Å². The van der Waals surface area contributed by atoms with E-state index in [0.29, 0.717) is 117 Å². The zero-order valence-corrected chi connectivity index (χ0v) is 23.4. The summed E-state index contributed by atoms with van der Waals surface area (Å²) < 4.78 is 42.9. The number of nitrogens with zero attached hydrogens (tertiary/aromatic N) is 1. The Hall–Kier alpha value is -2.43. The van der Waals surface area contributed by atoms with Crippen LogP contribution in [0.3, 0.4) is 0 Å². The number of nitrogens with one attached hydrogen (secondary N) is 2. The fourth-order valence-corrected chi connectivity index (χ4v) is 2.82. The highest BCUT2D eigenvalue weighted by atomic mass is 16.6. The van der Waals surface area contributed by atoms with Crippen molar-refractivity contribution in [3.05, 3.63) is 23.9 Å². The minimum absolute atomic E-state index is 0.00523. The summed E-state index contributed by atoms with van der Waals surface area (Å²) in [5, 5.41) is 14.1. The third-order valence-electron chi connectivity index (χ3n) is 4.88. The van der Waals surface area contributed by atoms with Crippen molar-refractivity contribution in [1.82, 2.24) is 10.3 Å². The number of carbonyl (C=O) groups excluding carboxylic acids is 1. The van der Waals surface area contributed by atoms with Gasteiger partial charge in [-0.2, -0.15) is 0 Å². The lowest BCUT2D eigenvalue weighted by atomic mass is 10.2. The molecule has 0 saturated heterocycles. The standard InChI is InChI=1S/C26H45N3O11/c1-27-24-3-2-23(22-29-24)26(32)28-5-7-34-9-11-36-13-15-38-17-19-40-21-20-39-18-16-37-14-12-35-10-8-33-6-4-25(30)31/h2-3,22H,4-21H2,1H3,(H,27,29)(H,28,32)(H,30,31). The van der Waals surface area contributed by atoms with Crippen LogP contribution in [0.1, 0.15) is 16.8 Å². The third-order valence-corrected chi connectivity index (χ3v) is 4.88. The average Bonchev–Trinajstić information content (AvgIpc) is 2.96. The number of aliphatic carboxylic acids is 1. The van der Waals surface area contributed by atoms with E-state index in [4.69, 9.17) is 43.0 Å². The molecular formula is C26H45N3O11. The lowest BCUT2D eigenvalue weighted by molar-refractivity contribution is -0.138. The van der Waals surface area contributed by atoms with Gasteiger partial charge in [0.2, 0.25) is 0 Å². The predicted octanol–water partition coefficient (Wildman–Crippen LogP) is 0.461. The van der Waals surface area contributed by atoms with E-state index in [-0.39, 0.29) is 18.9 Å². The van der Waals surface area contributed by atoms with Gasteiger partial charge in [-0.05, 0) is 12.1 Å². The number of pyridine rings is 1. The first-order valence-corrected chi connectivity index (χ1v) is 13.4. The molecule has 0 radical (unpaired) electrons. The molecule has 1 heterocycles. The Kier molecular flexibility index (Phi) is 23.8. The van der Waals surface area contributed by atoms with Gasteiger partial charge in [0.25, 0.3) is 5.91 Å². The van der Waals surface area contributed by atoms with Crippen molar-refractivity contribution < 1.29 is 52.6 Å². The van der Waals surface area contributed by atoms with Crippen molar-refractivity contribution in [2.75, 3.05) is 125 Å². The highest BCUT2D eigenvalue weighted by Crippen LogP contribution is 2.03. The maximum atomic E-state index is 12.0. The molecule has 0 bridgehead atoms. The van der Waals surface area contributed by atoms with Gasteiger partial charge < -0.3 is 53.6 Å². The van der Waals surface area contributed by atoms with Crippen molar-refractivity contribution in [2.24, 2.45) is 0 Å². The number of carboxylic acid groups (broad SMARTS) is 1. The highest BCUT2D eigenvalue weighted by molar-refractivity contribution is 5.94. The van der Waals surface area contributed by atoms with Crippen LogP contribution in [-0.4, -0.2) is 141 Å². The number of carbonyl (C=O) groups is 2. The molecule has 0 aliphatic rings. The zero-order valence-electron chi connectivity index (χ0n) is 23.4. The van der Waals surface area contributed by atoms with Gasteiger partial charge in [-0.3, -0.25) is 9.59 Å². The number of hydrogen-bond donors (Lipinski definition) is 3. The van der Waals surface area contributed by atoms with Gasteiger partial charge >= 0.3 is 5.97 Å². The number of anilines is 1. The second-order valence-electron chi connectivity index (χ2n) is 7.98. The summed E-state index contributed by atoms with van der Waals surface area (Å²) in [4.78, 5) is 26.4. The summed E-state index contributed by atoms with van der Waals surface area (Å²) in [6.07, 6.45) is 1.52. The first-order chi connectivity index (χ1) is 19.6. The number of rotatable bonds is 29. The maximum Gasteiger partial charge on any atom is 0.305 e. The average molecular weight is 576 g/mol. The Balaban J connectivity index is 1.70. The monoisotopic (exact) mass is 575 g/mol. The van der Waals surface area contributed by atoms with E-state index in [1.807, 2.05) is 0 Å². The fourth-order valence-electron chi connectivity index (χ4n) is 2.82. The summed E-state index contributed by atoms with van der Waals surface area (Å²) in [5.41, 5.74) is 0.499. The summed E-state index contributed by atoms with van der Waals surface area (Å²) in [6.45, 7) is 7.29. The Morgan fingerprint density at radius 1 is 0.650 bits per heavy atom. The van der Waals surface area contributed by atoms with Gasteiger partial charge in [0, 0.05) is 19.8 Å². The molecule has 0 aliphatic heterocycles. The van der Waals surface area contributed by atoms with Crippen molar-refractivity contribution in [3.63, 3.8) is 0 Å². The van der Waals surface area contributed by atoms with Crippen LogP contribution in [0.5, 0.6) is 0 Å². The second-order valence-corrected chi connectivity index (χ2v) is 7.98. The smallest absolute Gasteiger partial charge is 0.305 e. The fraction of sp³-hybridized carbons (Fsp3) is 0.731. The molecule has 1 rings (SSSR count). The number of aromatic nitrogens is 1. The van der Waals surface area contributed by atoms with Gasteiger partial charge in [-0.15, -0.1) is 0 Å². The summed E-state index contributed by atoms with van der Waals surface area (Å²) in [5.74, 6) is -0.363. The van der Waals surface area contributed by atoms with Crippen molar-refractivity contribution in [3.8, 4) is 0 Å². The normalized spacial score (nSPS) is 11.0. The van der Waals surface area contributed by atoms with Crippen LogP contribution in [0.4, 0.5) is 5.82 Å². The SMILES string of the molecule is CNc1ccc(C(=O)NCCOCCOCCOCCOCCOCCOCCOCCOCCC(=O)O)cn1. The lowest BCUT2D eigenvalue weighted by Crippen LogP contribution is -2.27. The van der Waals surface area contributed by atoms with E-state index >= 15 is 0 Å². The molecule has 0 fully saturated rings. The molecule has 1 aromatic rings. The molecule has 1 aromatic heterocycles. The van der Waals surface area contributed by atoms with Gasteiger partial charge in [0.1, 0.15) is 5.82 Å². The van der Waals surface area contributed by atoms with E-state index < -0.39 is 5.97 Å². The van der Waals surface area contributed by atoms with Crippen LogP contribution >= 0.6 is 0 Å². The summed E-state index contributed by atoms with van der Waals surface area (Å²) in [6, 6.07) is 3.45. The molecule has 1 amide bonds. The molecule has 0 aromatic carbocycles. The van der Waals surface area contributed by atoms with Crippen molar-refractivity contribution in [2.45, 2.75) is 6.42 Å². The number of ether oxygens (including phenoxy) is 8. The molecule has 14 heteroatoms. The predicted molar refractivity (Wildman–Crippen MR) is 145 cm³/mol. The molecule has 0 saturated carbocycles. The van der Waals surface area contributed by atoms with Crippen LogP contribution in [0.25, 0.3) is 0 Å². The number of amides is 1. The first-order valence-electron chi connectivity index (χ1n) is 13.4. The van der Waals surface area contributed by atoms with E-state index in [0.717, 1.165) is 0 Å². The van der Waals surface area contributed by atoms with Crippen molar-refractivity contribution in [1.29, 1.82) is 0 Å². The topological polar surface area (TPSA) is 165 Å². The van der Waals surface area contributed by atoms with Crippen LogP contribution in [0.15, 0.2) is 18.3 Å². The molecular weight excluding hydrogens is 530 g/mol. The molecule has 0 spiro atoms. The Morgan fingerprint density at radius 2 is 1.05 bits per heavy atom. The molecule has 0 aliphatic carbocycles. The summed E-state index contributed by atoms with van der Waals surface area (Å²) in [7, 11) is 1.77. The lowest BCUT2D eigenvalue weighted by Gasteiger charge is -2.09. The highest BCUT2D eigenvalue weighted by Gasteiger charge is 2.05. The van der Waals surface area contributed by atoms with Crippen LogP contribution < -0.4 is 10.6 Å². The minimum Gasteiger partial charge on any atom is -0.481 e. The van der Waals surface area contributed by atoms with Gasteiger partial charge in [0.05, 0.1) is 118 Å².